The van der Waals surface area contributed by atoms with E-state index in [0.717, 1.165) is 11.1 Å². The SMILES string of the molecule is Cn1c(=O)c(OCc2ccccc2)c(OCc2ccccc2)c2ccc(O)cc21. The van der Waals surface area contributed by atoms with Gasteiger partial charge in [0, 0.05) is 18.5 Å². The number of nitrogens with zero attached hydrogens (tertiary/aromatic N) is 1. The van der Waals surface area contributed by atoms with Crippen LogP contribution in [0.3, 0.4) is 0 Å². The van der Waals surface area contributed by atoms with Crippen molar-refractivity contribution in [2.24, 2.45) is 7.05 Å². The third-order valence-corrected chi connectivity index (χ3v) is 4.74. The highest BCUT2D eigenvalue weighted by molar-refractivity contribution is 5.88. The quantitative estimate of drug-likeness (QED) is 0.533. The predicted octanol–water partition coefficient (Wildman–Crippen LogP) is 4.40. The minimum absolute atomic E-state index is 0.0828. The van der Waals surface area contributed by atoms with Gasteiger partial charge in [0.15, 0.2) is 5.75 Å². The van der Waals surface area contributed by atoms with Crippen molar-refractivity contribution in [1.29, 1.82) is 0 Å². The predicted molar refractivity (Wildman–Crippen MR) is 112 cm³/mol. The zero-order chi connectivity index (χ0) is 20.2. The number of aromatic nitrogens is 1. The van der Waals surface area contributed by atoms with E-state index in [1.165, 1.54) is 4.57 Å². The van der Waals surface area contributed by atoms with Crippen LogP contribution in [0.5, 0.6) is 17.2 Å². The molecule has 1 heterocycles. The molecule has 146 valence electrons. The molecule has 1 aromatic heterocycles. The standard InChI is InChI=1S/C24H21NO4/c1-25-21-14-19(26)12-13-20(21)22(28-15-17-8-4-2-5-9-17)23(24(25)27)29-16-18-10-6-3-7-11-18/h2-14,26H,15-16H2,1H3. The second-order valence-electron chi connectivity index (χ2n) is 6.77. The van der Waals surface area contributed by atoms with Crippen LogP contribution < -0.4 is 15.0 Å². The third-order valence-electron chi connectivity index (χ3n) is 4.74. The highest BCUT2D eigenvalue weighted by atomic mass is 16.5. The summed E-state index contributed by atoms with van der Waals surface area (Å²) >= 11 is 0. The molecule has 5 nitrogen and oxygen atoms in total. The van der Waals surface area contributed by atoms with Gasteiger partial charge in [0.25, 0.3) is 5.56 Å². The van der Waals surface area contributed by atoms with E-state index in [9.17, 15) is 9.90 Å². The number of aryl methyl sites for hydroxylation is 1. The Kier molecular flexibility index (Phi) is 5.20. The maximum absolute atomic E-state index is 13.0. The van der Waals surface area contributed by atoms with Crippen LogP contribution >= 0.6 is 0 Å². The van der Waals surface area contributed by atoms with E-state index in [-0.39, 0.29) is 23.7 Å². The van der Waals surface area contributed by atoms with Crippen LogP contribution in [0.2, 0.25) is 0 Å². The number of hydrogen-bond donors (Lipinski definition) is 1. The number of aromatic hydroxyl groups is 1. The first-order chi connectivity index (χ1) is 14.1. The van der Waals surface area contributed by atoms with Crippen molar-refractivity contribution < 1.29 is 14.6 Å². The molecule has 3 aromatic carbocycles. The van der Waals surface area contributed by atoms with E-state index in [2.05, 4.69) is 0 Å². The van der Waals surface area contributed by atoms with Crippen molar-refractivity contribution in [2.75, 3.05) is 0 Å². The monoisotopic (exact) mass is 387 g/mol. The molecule has 1 N–H and O–H groups in total. The summed E-state index contributed by atoms with van der Waals surface area (Å²) in [6, 6.07) is 24.2. The van der Waals surface area contributed by atoms with Gasteiger partial charge >= 0.3 is 0 Å². The summed E-state index contributed by atoms with van der Waals surface area (Å²) in [5, 5.41) is 10.6. The van der Waals surface area contributed by atoms with E-state index in [4.69, 9.17) is 9.47 Å². The number of phenols is 1. The molecule has 0 aliphatic rings. The van der Waals surface area contributed by atoms with Crippen LogP contribution in [0.1, 0.15) is 11.1 Å². The first-order valence-electron chi connectivity index (χ1n) is 9.32. The average Bonchev–Trinajstić information content (AvgIpc) is 2.76. The fraction of sp³-hybridized carbons (Fsp3) is 0.125. The van der Waals surface area contributed by atoms with E-state index in [1.54, 1.807) is 25.2 Å². The van der Waals surface area contributed by atoms with Crippen molar-refractivity contribution in [1.82, 2.24) is 4.57 Å². The van der Waals surface area contributed by atoms with E-state index in [0.29, 0.717) is 23.3 Å². The minimum Gasteiger partial charge on any atom is -0.508 e. The van der Waals surface area contributed by atoms with Crippen molar-refractivity contribution in [3.8, 4) is 17.2 Å². The Morgan fingerprint density at radius 2 is 1.34 bits per heavy atom. The van der Waals surface area contributed by atoms with Gasteiger partial charge in [0.1, 0.15) is 19.0 Å². The Labute approximate surface area is 168 Å². The summed E-state index contributed by atoms with van der Waals surface area (Å²) in [5.41, 5.74) is 2.19. The molecule has 0 bridgehead atoms. The molecule has 4 rings (SSSR count). The Morgan fingerprint density at radius 3 is 1.93 bits per heavy atom. The summed E-state index contributed by atoms with van der Waals surface area (Å²) in [5.74, 6) is 0.618. The van der Waals surface area contributed by atoms with Gasteiger partial charge in [0.2, 0.25) is 5.75 Å². The molecule has 0 radical (unpaired) electrons. The first kappa shape index (κ1) is 18.6. The molecule has 0 unspecified atom stereocenters. The maximum atomic E-state index is 13.0. The Hall–Kier alpha value is -3.73. The van der Waals surface area contributed by atoms with Crippen LogP contribution in [-0.4, -0.2) is 9.67 Å². The lowest BCUT2D eigenvalue weighted by molar-refractivity contribution is 0.254. The van der Waals surface area contributed by atoms with Gasteiger partial charge in [-0.2, -0.15) is 0 Å². The highest BCUT2D eigenvalue weighted by Gasteiger charge is 2.19. The number of fused-ring (bicyclic) bond motifs is 1. The summed E-state index contributed by atoms with van der Waals surface area (Å²) < 4.78 is 13.5. The molecule has 5 heteroatoms. The lowest BCUT2D eigenvalue weighted by atomic mass is 10.1. The van der Waals surface area contributed by atoms with Gasteiger partial charge in [-0.25, -0.2) is 0 Å². The van der Waals surface area contributed by atoms with E-state index in [1.807, 2.05) is 60.7 Å². The molecule has 0 saturated heterocycles. The maximum Gasteiger partial charge on any atom is 0.297 e. The normalized spacial score (nSPS) is 10.8. The zero-order valence-electron chi connectivity index (χ0n) is 16.0. The summed E-state index contributed by atoms with van der Waals surface area (Å²) in [6.07, 6.45) is 0. The average molecular weight is 387 g/mol. The zero-order valence-corrected chi connectivity index (χ0v) is 16.0. The van der Waals surface area contributed by atoms with Gasteiger partial charge in [-0.15, -0.1) is 0 Å². The molecule has 0 atom stereocenters. The molecule has 0 amide bonds. The third kappa shape index (κ3) is 3.94. The summed E-state index contributed by atoms with van der Waals surface area (Å²) in [6.45, 7) is 0.549. The largest absolute Gasteiger partial charge is 0.508 e. The summed E-state index contributed by atoms with van der Waals surface area (Å²) in [4.78, 5) is 13.0. The Morgan fingerprint density at radius 1 is 0.793 bits per heavy atom. The molecule has 0 spiro atoms. The second-order valence-corrected chi connectivity index (χ2v) is 6.77. The van der Waals surface area contributed by atoms with Gasteiger partial charge in [0.05, 0.1) is 5.52 Å². The summed E-state index contributed by atoms with van der Waals surface area (Å²) in [7, 11) is 1.65. The number of rotatable bonds is 6. The number of benzene rings is 3. The lowest BCUT2D eigenvalue weighted by Crippen LogP contribution is -2.21. The van der Waals surface area contributed by atoms with Crippen LogP contribution in [-0.2, 0) is 20.3 Å². The topological polar surface area (TPSA) is 60.7 Å². The molecule has 4 aromatic rings. The minimum atomic E-state index is -0.318. The van der Waals surface area contributed by atoms with Crippen LogP contribution in [0, 0.1) is 0 Å². The van der Waals surface area contributed by atoms with Crippen molar-refractivity contribution in [3.05, 3.63) is 100 Å². The van der Waals surface area contributed by atoms with Crippen LogP contribution in [0.25, 0.3) is 10.9 Å². The van der Waals surface area contributed by atoms with Gasteiger partial charge in [-0.3, -0.25) is 4.79 Å². The molecular formula is C24H21NO4. The smallest absolute Gasteiger partial charge is 0.297 e. The first-order valence-corrected chi connectivity index (χ1v) is 9.32. The molecule has 29 heavy (non-hydrogen) atoms. The molecule has 0 aliphatic heterocycles. The number of hydrogen-bond acceptors (Lipinski definition) is 4. The molecular weight excluding hydrogens is 366 g/mol. The van der Waals surface area contributed by atoms with E-state index >= 15 is 0 Å². The van der Waals surface area contributed by atoms with Crippen LogP contribution in [0.15, 0.2) is 83.7 Å². The number of ether oxygens (including phenoxy) is 2. The van der Waals surface area contributed by atoms with Crippen molar-refractivity contribution in [2.45, 2.75) is 13.2 Å². The lowest BCUT2D eigenvalue weighted by Gasteiger charge is -2.17. The Bertz CT molecular complexity index is 1180. The van der Waals surface area contributed by atoms with Crippen molar-refractivity contribution >= 4 is 10.9 Å². The highest BCUT2D eigenvalue weighted by Crippen LogP contribution is 2.35. The Balaban J connectivity index is 1.77. The van der Waals surface area contributed by atoms with Gasteiger partial charge in [-0.1, -0.05) is 60.7 Å². The molecule has 0 aliphatic carbocycles. The van der Waals surface area contributed by atoms with Crippen LogP contribution in [0.4, 0.5) is 0 Å². The second kappa shape index (κ2) is 8.10. The molecule has 0 saturated carbocycles. The number of phenolic OH excluding ortho intramolecular Hbond substituents is 1. The van der Waals surface area contributed by atoms with Gasteiger partial charge in [-0.05, 0) is 23.3 Å². The van der Waals surface area contributed by atoms with Gasteiger partial charge < -0.3 is 19.1 Å². The fourth-order valence-corrected chi connectivity index (χ4v) is 3.20. The van der Waals surface area contributed by atoms with E-state index < -0.39 is 0 Å². The van der Waals surface area contributed by atoms with Crippen molar-refractivity contribution in [3.63, 3.8) is 0 Å². The fourth-order valence-electron chi connectivity index (χ4n) is 3.20. The number of pyridine rings is 1. The molecule has 0 fully saturated rings.